The molecule has 40 heavy (non-hydrogen) atoms. The number of likely N-dealkylation sites (tertiary alicyclic amines) is 1. The van der Waals surface area contributed by atoms with Gasteiger partial charge >= 0.3 is 6.09 Å². The summed E-state index contributed by atoms with van der Waals surface area (Å²) in [5.74, 6) is 0.993. The molecule has 0 N–H and O–H groups in total. The summed E-state index contributed by atoms with van der Waals surface area (Å²) < 4.78 is 26.6. The SMILES string of the molecule is CC(C)=CCC[C@]1(C)Oc2ccccc2[C@@H]2OCC3(C[C@@H](O[Si](C)(C)C(C)(C)C)CN3C(=O)OC(C)(C)C)C[C@H]21. The van der Waals surface area contributed by atoms with Crippen LogP contribution >= 0.6 is 0 Å². The molecule has 5 atom stereocenters. The second-order valence-corrected chi connectivity index (χ2v) is 20.1. The quantitative estimate of drug-likeness (QED) is 0.262. The summed E-state index contributed by atoms with van der Waals surface area (Å²) in [7, 11) is -2.05. The summed E-state index contributed by atoms with van der Waals surface area (Å²) in [5.41, 5.74) is 0.893. The van der Waals surface area contributed by atoms with Gasteiger partial charge in [0.2, 0.25) is 0 Å². The highest BCUT2D eigenvalue weighted by molar-refractivity contribution is 6.74. The number of benzene rings is 1. The van der Waals surface area contributed by atoms with Gasteiger partial charge in [0, 0.05) is 18.0 Å². The Morgan fingerprint density at radius 2 is 1.80 bits per heavy atom. The second kappa shape index (κ2) is 10.8. The number of hydrogen-bond donors (Lipinski definition) is 0. The molecule has 1 amide bonds. The number of hydrogen-bond acceptors (Lipinski definition) is 5. The van der Waals surface area contributed by atoms with Crippen LogP contribution in [0, 0.1) is 5.92 Å². The summed E-state index contributed by atoms with van der Waals surface area (Å²) in [6.45, 7) is 24.6. The zero-order valence-corrected chi connectivity index (χ0v) is 27.8. The third-order valence-electron chi connectivity index (χ3n) is 9.49. The number of carbonyl (C=O) groups excluding carboxylic acids is 1. The number of amides is 1. The van der Waals surface area contributed by atoms with E-state index in [1.54, 1.807) is 0 Å². The number of para-hydroxylation sites is 1. The van der Waals surface area contributed by atoms with Crippen LogP contribution in [0.25, 0.3) is 0 Å². The zero-order chi connectivity index (χ0) is 29.7. The summed E-state index contributed by atoms with van der Waals surface area (Å²) in [6, 6.07) is 8.28. The van der Waals surface area contributed by atoms with Gasteiger partial charge in [-0.1, -0.05) is 50.6 Å². The van der Waals surface area contributed by atoms with Gasteiger partial charge in [-0.05, 0) is 91.4 Å². The van der Waals surface area contributed by atoms with Gasteiger partial charge in [-0.3, -0.25) is 4.90 Å². The van der Waals surface area contributed by atoms with Crippen molar-refractivity contribution in [1.29, 1.82) is 0 Å². The van der Waals surface area contributed by atoms with Crippen molar-refractivity contribution in [2.45, 2.75) is 135 Å². The molecule has 3 aliphatic heterocycles. The summed E-state index contributed by atoms with van der Waals surface area (Å²) in [6.07, 6.45) is 5.22. The van der Waals surface area contributed by atoms with Gasteiger partial charge in [-0.25, -0.2) is 4.79 Å². The maximum atomic E-state index is 13.8. The van der Waals surface area contributed by atoms with Crippen LogP contribution in [0.5, 0.6) is 5.75 Å². The molecule has 0 aliphatic carbocycles. The molecule has 1 aromatic carbocycles. The number of rotatable bonds is 5. The van der Waals surface area contributed by atoms with Crippen molar-refractivity contribution in [2.24, 2.45) is 5.92 Å². The first-order valence-corrected chi connectivity index (χ1v) is 18.0. The first-order chi connectivity index (χ1) is 18.4. The number of nitrogens with zero attached hydrogens (tertiary/aromatic N) is 1. The molecule has 0 aromatic heterocycles. The Morgan fingerprint density at radius 1 is 1.12 bits per heavy atom. The van der Waals surface area contributed by atoms with Crippen LogP contribution in [0.1, 0.15) is 99.7 Å². The Kier molecular flexibility index (Phi) is 8.38. The first-order valence-electron chi connectivity index (χ1n) is 15.1. The van der Waals surface area contributed by atoms with Crippen LogP contribution in [0.4, 0.5) is 4.79 Å². The highest BCUT2D eigenvalue weighted by Crippen LogP contribution is 2.56. The van der Waals surface area contributed by atoms with Crippen molar-refractivity contribution in [3.05, 3.63) is 41.5 Å². The molecule has 2 saturated heterocycles. The lowest BCUT2D eigenvalue weighted by Gasteiger charge is -2.54. The van der Waals surface area contributed by atoms with E-state index in [-0.39, 0.29) is 29.3 Å². The maximum Gasteiger partial charge on any atom is 0.410 e. The fourth-order valence-corrected chi connectivity index (χ4v) is 7.73. The van der Waals surface area contributed by atoms with E-state index < -0.39 is 25.1 Å². The topological polar surface area (TPSA) is 57.2 Å². The van der Waals surface area contributed by atoms with E-state index in [9.17, 15) is 4.79 Å². The van der Waals surface area contributed by atoms with Crippen LogP contribution in [0.15, 0.2) is 35.9 Å². The minimum atomic E-state index is -2.05. The predicted octanol–water partition coefficient (Wildman–Crippen LogP) is 8.43. The summed E-state index contributed by atoms with van der Waals surface area (Å²) in [4.78, 5) is 15.7. The molecular formula is C33H53NO5Si. The van der Waals surface area contributed by atoms with Crippen LogP contribution in [-0.4, -0.2) is 55.3 Å². The monoisotopic (exact) mass is 571 g/mol. The molecule has 224 valence electrons. The van der Waals surface area contributed by atoms with E-state index in [0.717, 1.165) is 37.0 Å². The number of fused-ring (bicyclic) bond motifs is 3. The van der Waals surface area contributed by atoms with Crippen molar-refractivity contribution < 1.29 is 23.4 Å². The van der Waals surface area contributed by atoms with Crippen molar-refractivity contribution in [3.8, 4) is 5.75 Å². The van der Waals surface area contributed by atoms with Gasteiger partial charge in [-0.2, -0.15) is 0 Å². The molecule has 0 bridgehead atoms. The van der Waals surface area contributed by atoms with Gasteiger partial charge in [0.05, 0.1) is 24.4 Å². The highest BCUT2D eigenvalue weighted by atomic mass is 28.4. The van der Waals surface area contributed by atoms with Crippen molar-refractivity contribution in [1.82, 2.24) is 4.90 Å². The molecule has 0 radical (unpaired) electrons. The molecule has 6 nitrogen and oxygen atoms in total. The highest BCUT2D eigenvalue weighted by Gasteiger charge is 2.60. The van der Waals surface area contributed by atoms with Crippen molar-refractivity contribution in [3.63, 3.8) is 0 Å². The predicted molar refractivity (Wildman–Crippen MR) is 163 cm³/mol. The van der Waals surface area contributed by atoms with Crippen LogP contribution < -0.4 is 4.74 Å². The standard InChI is InChI=1S/C33H53NO5Si/c1-23(2)15-14-18-32(9)26-20-33(22-36-28(26)25-16-12-13-17-27(25)37-32)19-24(39-40(10,11)31(6,7)8)21-34(33)29(35)38-30(3,4)5/h12-13,15-17,24,26,28H,14,18-22H2,1-11H3/t24-,26-,28+,32+,33?/m1/s1. The van der Waals surface area contributed by atoms with E-state index in [2.05, 4.69) is 78.9 Å². The van der Waals surface area contributed by atoms with E-state index >= 15 is 0 Å². The molecule has 3 heterocycles. The summed E-state index contributed by atoms with van der Waals surface area (Å²) in [5, 5.41) is 0.0814. The minimum absolute atomic E-state index is 0.0534. The Hall–Kier alpha value is -1.83. The largest absolute Gasteiger partial charge is 0.487 e. The van der Waals surface area contributed by atoms with Gasteiger partial charge in [0.15, 0.2) is 8.32 Å². The Morgan fingerprint density at radius 3 is 2.42 bits per heavy atom. The maximum absolute atomic E-state index is 13.8. The fourth-order valence-electron chi connectivity index (χ4n) is 6.38. The van der Waals surface area contributed by atoms with Crippen LogP contribution in [0.2, 0.25) is 18.1 Å². The lowest BCUT2D eigenvalue weighted by atomic mass is 9.68. The van der Waals surface area contributed by atoms with Crippen molar-refractivity contribution in [2.75, 3.05) is 13.2 Å². The molecule has 7 heteroatoms. The average molecular weight is 572 g/mol. The van der Waals surface area contributed by atoms with Crippen molar-refractivity contribution >= 4 is 14.4 Å². The van der Waals surface area contributed by atoms with E-state index in [4.69, 9.17) is 18.6 Å². The lowest BCUT2D eigenvalue weighted by Crippen LogP contribution is -2.60. The third-order valence-corrected chi connectivity index (χ3v) is 14.0. The molecule has 1 unspecified atom stereocenters. The number of ether oxygens (including phenoxy) is 3. The van der Waals surface area contributed by atoms with Crippen LogP contribution in [0.3, 0.4) is 0 Å². The Bertz CT molecular complexity index is 1110. The average Bonchev–Trinajstić information content (AvgIpc) is 3.14. The minimum Gasteiger partial charge on any atom is -0.487 e. The van der Waals surface area contributed by atoms with Gasteiger partial charge in [0.25, 0.3) is 0 Å². The second-order valence-electron chi connectivity index (χ2n) is 15.3. The van der Waals surface area contributed by atoms with E-state index in [1.807, 2.05) is 31.7 Å². The molecule has 1 spiro atoms. The first kappa shape index (κ1) is 31.1. The van der Waals surface area contributed by atoms with E-state index in [0.29, 0.717) is 13.2 Å². The summed E-state index contributed by atoms with van der Waals surface area (Å²) >= 11 is 0. The number of allylic oxidation sites excluding steroid dienone is 2. The Labute approximate surface area is 243 Å². The molecule has 4 rings (SSSR count). The van der Waals surface area contributed by atoms with Crippen LogP contribution in [-0.2, 0) is 13.9 Å². The molecule has 0 saturated carbocycles. The number of carbonyl (C=O) groups is 1. The van der Waals surface area contributed by atoms with Gasteiger partial charge in [-0.15, -0.1) is 0 Å². The molecular weight excluding hydrogens is 518 g/mol. The normalized spacial score (nSPS) is 30.4. The molecule has 3 aliphatic rings. The van der Waals surface area contributed by atoms with Gasteiger partial charge < -0.3 is 18.6 Å². The molecule has 2 fully saturated rings. The third kappa shape index (κ3) is 6.31. The van der Waals surface area contributed by atoms with Gasteiger partial charge in [0.1, 0.15) is 17.0 Å². The lowest BCUT2D eigenvalue weighted by molar-refractivity contribution is -0.170. The Balaban J connectivity index is 1.70. The molecule has 1 aromatic rings. The zero-order valence-electron chi connectivity index (χ0n) is 26.8. The van der Waals surface area contributed by atoms with E-state index in [1.165, 1.54) is 5.57 Å². The fraction of sp³-hybridized carbons (Fsp3) is 0.727. The smallest absolute Gasteiger partial charge is 0.410 e.